The average molecular weight is 376 g/mol. The first-order valence-electron chi connectivity index (χ1n) is 8.67. The minimum Gasteiger partial charge on any atom is -0.351 e. The van der Waals surface area contributed by atoms with Gasteiger partial charge in [-0.3, -0.25) is 9.78 Å². The number of carbonyl (C=O) groups excluding carboxylic acids is 1. The van der Waals surface area contributed by atoms with E-state index >= 15 is 0 Å². The number of para-hydroxylation sites is 1. The summed E-state index contributed by atoms with van der Waals surface area (Å²) in [5, 5.41) is 4.07. The molecule has 0 aliphatic heterocycles. The zero-order valence-corrected chi connectivity index (χ0v) is 15.3. The van der Waals surface area contributed by atoms with Gasteiger partial charge in [0.2, 0.25) is 0 Å². The third-order valence-electron chi connectivity index (χ3n) is 4.35. The molecule has 2 aromatic carbocycles. The van der Waals surface area contributed by atoms with Crippen LogP contribution in [0.3, 0.4) is 0 Å². The molecule has 0 aliphatic carbocycles. The van der Waals surface area contributed by atoms with Crippen LogP contribution in [0.5, 0.6) is 0 Å². The molecule has 0 fully saturated rings. The van der Waals surface area contributed by atoms with Gasteiger partial charge >= 0.3 is 0 Å². The Morgan fingerprint density at radius 1 is 1.00 bits per heavy atom. The lowest BCUT2D eigenvalue weighted by atomic mass is 10.1. The monoisotopic (exact) mass is 376 g/mol. The Morgan fingerprint density at radius 2 is 1.81 bits per heavy atom. The van der Waals surface area contributed by atoms with Gasteiger partial charge in [0, 0.05) is 23.0 Å². The molecular formula is C22H17FN2OS. The Hall–Kier alpha value is -3.05. The lowest BCUT2D eigenvalue weighted by Gasteiger charge is -2.06. The van der Waals surface area contributed by atoms with Crippen LogP contribution in [0.25, 0.3) is 21.3 Å². The van der Waals surface area contributed by atoms with Crippen molar-refractivity contribution in [3.63, 3.8) is 0 Å². The van der Waals surface area contributed by atoms with Crippen molar-refractivity contribution < 1.29 is 9.18 Å². The molecule has 3 nitrogen and oxygen atoms in total. The number of pyridine rings is 1. The zero-order chi connectivity index (χ0) is 18.6. The predicted octanol–water partition coefficient (Wildman–Crippen LogP) is 5.07. The van der Waals surface area contributed by atoms with Crippen molar-refractivity contribution in [2.45, 2.75) is 6.42 Å². The highest BCUT2D eigenvalue weighted by atomic mass is 32.1. The normalized spacial score (nSPS) is 10.9. The van der Waals surface area contributed by atoms with Crippen LogP contribution in [-0.4, -0.2) is 17.4 Å². The van der Waals surface area contributed by atoms with E-state index in [-0.39, 0.29) is 11.7 Å². The number of nitrogens with one attached hydrogen (secondary N) is 1. The Kier molecular flexibility index (Phi) is 4.94. The van der Waals surface area contributed by atoms with Gasteiger partial charge in [-0.2, -0.15) is 0 Å². The molecule has 0 atom stereocenters. The molecule has 134 valence electrons. The maximum Gasteiger partial charge on any atom is 0.261 e. The van der Waals surface area contributed by atoms with E-state index in [9.17, 15) is 9.18 Å². The predicted molar refractivity (Wildman–Crippen MR) is 107 cm³/mol. The molecule has 0 saturated heterocycles. The van der Waals surface area contributed by atoms with E-state index in [1.54, 1.807) is 24.4 Å². The molecule has 0 unspecified atom stereocenters. The summed E-state index contributed by atoms with van der Waals surface area (Å²) in [5.74, 6) is -0.363. The van der Waals surface area contributed by atoms with E-state index in [0.717, 1.165) is 33.3 Å². The van der Waals surface area contributed by atoms with Crippen molar-refractivity contribution >= 4 is 28.1 Å². The fourth-order valence-electron chi connectivity index (χ4n) is 3.00. The molecule has 4 rings (SSSR count). The number of benzene rings is 2. The van der Waals surface area contributed by atoms with Gasteiger partial charge in [-0.1, -0.05) is 36.4 Å². The number of rotatable bonds is 5. The third kappa shape index (κ3) is 3.88. The summed E-state index contributed by atoms with van der Waals surface area (Å²) < 4.78 is 13.0. The Balaban J connectivity index is 1.40. The van der Waals surface area contributed by atoms with Crippen LogP contribution in [0, 0.1) is 5.82 Å². The molecule has 0 radical (unpaired) electrons. The highest BCUT2D eigenvalue weighted by molar-refractivity contribution is 7.17. The molecule has 27 heavy (non-hydrogen) atoms. The van der Waals surface area contributed by atoms with Crippen LogP contribution < -0.4 is 5.32 Å². The number of amides is 1. The van der Waals surface area contributed by atoms with E-state index < -0.39 is 0 Å². The van der Waals surface area contributed by atoms with Crippen molar-refractivity contribution in [3.05, 3.63) is 89.2 Å². The van der Waals surface area contributed by atoms with Crippen LogP contribution in [-0.2, 0) is 6.42 Å². The molecule has 4 aromatic rings. The summed E-state index contributed by atoms with van der Waals surface area (Å²) in [5.41, 5.74) is 3.00. The fraction of sp³-hybridized carbons (Fsp3) is 0.0909. The SMILES string of the molecule is O=C(NCCc1cccc2cccnc12)c1ccc(-c2ccc(F)cc2)s1. The van der Waals surface area contributed by atoms with Gasteiger partial charge in [0.1, 0.15) is 5.82 Å². The van der Waals surface area contributed by atoms with Crippen molar-refractivity contribution in [2.24, 2.45) is 0 Å². The highest BCUT2D eigenvalue weighted by Crippen LogP contribution is 2.28. The molecule has 5 heteroatoms. The lowest BCUT2D eigenvalue weighted by molar-refractivity contribution is 0.0958. The van der Waals surface area contributed by atoms with Gasteiger partial charge in [-0.15, -0.1) is 11.3 Å². The second kappa shape index (κ2) is 7.68. The first kappa shape index (κ1) is 17.4. The summed E-state index contributed by atoms with van der Waals surface area (Å²) in [4.78, 5) is 18.5. The van der Waals surface area contributed by atoms with Crippen LogP contribution >= 0.6 is 11.3 Å². The standard InChI is InChI=1S/C22H17FN2OS/c23-18-8-6-15(7-9-18)19-10-11-20(27-19)22(26)25-14-12-17-4-1-3-16-5-2-13-24-21(16)17/h1-11,13H,12,14H2,(H,25,26). The van der Waals surface area contributed by atoms with Crippen LogP contribution in [0.2, 0.25) is 0 Å². The van der Waals surface area contributed by atoms with Gasteiger partial charge in [-0.05, 0) is 47.9 Å². The third-order valence-corrected chi connectivity index (χ3v) is 5.49. The number of carbonyl (C=O) groups is 1. The van der Waals surface area contributed by atoms with Crippen molar-refractivity contribution in [2.75, 3.05) is 6.54 Å². The maximum absolute atomic E-state index is 13.0. The number of aromatic nitrogens is 1. The summed E-state index contributed by atoms with van der Waals surface area (Å²) in [6.45, 7) is 0.540. The summed E-state index contributed by atoms with van der Waals surface area (Å²) >= 11 is 1.40. The first-order chi connectivity index (χ1) is 13.2. The number of nitrogens with zero attached hydrogens (tertiary/aromatic N) is 1. The van der Waals surface area contributed by atoms with Crippen molar-refractivity contribution in [1.82, 2.24) is 10.3 Å². The number of hydrogen-bond donors (Lipinski definition) is 1. The van der Waals surface area contributed by atoms with E-state index in [1.165, 1.54) is 23.5 Å². The molecule has 0 saturated carbocycles. The van der Waals surface area contributed by atoms with Gasteiger partial charge in [0.15, 0.2) is 0 Å². The number of fused-ring (bicyclic) bond motifs is 1. The minimum atomic E-state index is -0.267. The summed E-state index contributed by atoms with van der Waals surface area (Å²) in [6, 6.07) is 20.0. The van der Waals surface area contributed by atoms with Gasteiger partial charge in [0.05, 0.1) is 10.4 Å². The van der Waals surface area contributed by atoms with E-state index in [4.69, 9.17) is 0 Å². The minimum absolute atomic E-state index is 0.0958. The molecule has 2 heterocycles. The van der Waals surface area contributed by atoms with Crippen LogP contribution in [0.15, 0.2) is 72.9 Å². The smallest absolute Gasteiger partial charge is 0.261 e. The second-order valence-corrected chi connectivity index (χ2v) is 7.25. The number of hydrogen-bond acceptors (Lipinski definition) is 3. The number of halogens is 1. The Morgan fingerprint density at radius 3 is 2.67 bits per heavy atom. The second-order valence-electron chi connectivity index (χ2n) is 6.17. The molecular weight excluding hydrogens is 359 g/mol. The largest absolute Gasteiger partial charge is 0.351 e. The topological polar surface area (TPSA) is 42.0 Å². The molecule has 0 aliphatic rings. The van der Waals surface area contributed by atoms with E-state index in [2.05, 4.69) is 10.3 Å². The molecule has 0 spiro atoms. The van der Waals surface area contributed by atoms with Crippen LogP contribution in [0.1, 0.15) is 15.2 Å². The first-order valence-corrected chi connectivity index (χ1v) is 9.49. The van der Waals surface area contributed by atoms with Gasteiger partial charge < -0.3 is 5.32 Å². The average Bonchev–Trinajstić information content (AvgIpc) is 3.19. The zero-order valence-electron chi connectivity index (χ0n) is 14.5. The maximum atomic E-state index is 13.0. The molecule has 0 bridgehead atoms. The van der Waals surface area contributed by atoms with E-state index in [0.29, 0.717) is 11.4 Å². The fourth-order valence-corrected chi connectivity index (χ4v) is 3.92. The van der Waals surface area contributed by atoms with Gasteiger partial charge in [-0.25, -0.2) is 4.39 Å². The summed E-state index contributed by atoms with van der Waals surface area (Å²) in [7, 11) is 0. The Bertz CT molecular complexity index is 1080. The molecule has 1 amide bonds. The number of thiophene rings is 1. The quantitative estimate of drug-likeness (QED) is 0.528. The summed E-state index contributed by atoms with van der Waals surface area (Å²) in [6.07, 6.45) is 2.50. The highest BCUT2D eigenvalue weighted by Gasteiger charge is 2.10. The molecule has 2 aromatic heterocycles. The lowest BCUT2D eigenvalue weighted by Crippen LogP contribution is -2.24. The Labute approximate surface area is 160 Å². The van der Waals surface area contributed by atoms with E-state index in [1.807, 2.05) is 36.4 Å². The van der Waals surface area contributed by atoms with Crippen molar-refractivity contribution in [1.29, 1.82) is 0 Å². The van der Waals surface area contributed by atoms with Crippen molar-refractivity contribution in [3.8, 4) is 10.4 Å². The molecule has 1 N–H and O–H groups in total. The van der Waals surface area contributed by atoms with Crippen LogP contribution in [0.4, 0.5) is 4.39 Å². The van der Waals surface area contributed by atoms with Gasteiger partial charge in [0.25, 0.3) is 5.91 Å².